The molecule has 1 rings (SSSR count). The largest absolute Gasteiger partial charge is 0.506 e. The molecule has 0 radical (unpaired) electrons. The lowest BCUT2D eigenvalue weighted by Crippen LogP contribution is -2.32. The summed E-state index contributed by atoms with van der Waals surface area (Å²) in [6.45, 7) is 3.88. The number of phenols is 1. The molecule has 0 atom stereocenters. The second-order valence-corrected chi connectivity index (χ2v) is 6.55. The Labute approximate surface area is 112 Å². The van der Waals surface area contributed by atoms with E-state index in [0.717, 1.165) is 6.26 Å². The van der Waals surface area contributed by atoms with Crippen LogP contribution in [-0.2, 0) is 14.6 Å². The molecule has 7 heteroatoms. The zero-order valence-corrected chi connectivity index (χ0v) is 11.9. The quantitative estimate of drug-likeness (QED) is 0.694. The van der Waals surface area contributed by atoms with Crippen molar-refractivity contribution in [3.8, 4) is 5.75 Å². The van der Waals surface area contributed by atoms with E-state index in [1.807, 2.05) is 13.8 Å². The van der Waals surface area contributed by atoms with Crippen molar-refractivity contribution in [1.29, 1.82) is 0 Å². The molecule has 6 nitrogen and oxygen atoms in total. The maximum atomic E-state index is 11.6. The molecular formula is C12H18N2O4S. The van der Waals surface area contributed by atoms with Gasteiger partial charge in [-0.1, -0.05) is 13.8 Å². The highest BCUT2D eigenvalue weighted by atomic mass is 32.2. The highest BCUT2D eigenvalue weighted by Crippen LogP contribution is 2.26. The van der Waals surface area contributed by atoms with Crippen LogP contribution in [0.4, 0.5) is 5.69 Å². The lowest BCUT2D eigenvalue weighted by atomic mass is 10.3. The van der Waals surface area contributed by atoms with Gasteiger partial charge in [0, 0.05) is 12.3 Å². The first kappa shape index (κ1) is 15.5. The van der Waals surface area contributed by atoms with Gasteiger partial charge in [0.15, 0.2) is 9.84 Å². The fourth-order valence-electron chi connectivity index (χ4n) is 1.34. The molecule has 0 aliphatic rings. The molecule has 0 bridgehead atoms. The second kappa shape index (κ2) is 6.03. The van der Waals surface area contributed by atoms with E-state index >= 15 is 0 Å². The molecule has 0 saturated carbocycles. The molecule has 3 N–H and O–H groups in total. The van der Waals surface area contributed by atoms with Crippen molar-refractivity contribution in [3.63, 3.8) is 0 Å². The summed E-state index contributed by atoms with van der Waals surface area (Å²) in [5, 5.41) is 15.0. The van der Waals surface area contributed by atoms with Crippen LogP contribution in [0.25, 0.3) is 0 Å². The minimum atomic E-state index is -3.38. The van der Waals surface area contributed by atoms with Gasteiger partial charge in [-0.3, -0.25) is 4.79 Å². The maximum Gasteiger partial charge on any atom is 0.238 e. The van der Waals surface area contributed by atoms with Crippen LogP contribution in [0, 0.1) is 0 Å². The van der Waals surface area contributed by atoms with Gasteiger partial charge in [-0.15, -0.1) is 0 Å². The van der Waals surface area contributed by atoms with Crippen LogP contribution < -0.4 is 10.6 Å². The maximum absolute atomic E-state index is 11.6. The van der Waals surface area contributed by atoms with Crippen LogP contribution in [0.3, 0.4) is 0 Å². The van der Waals surface area contributed by atoms with E-state index < -0.39 is 9.84 Å². The van der Waals surface area contributed by atoms with Gasteiger partial charge in [-0.25, -0.2) is 8.42 Å². The van der Waals surface area contributed by atoms with Crippen LogP contribution >= 0.6 is 0 Å². The van der Waals surface area contributed by atoms with E-state index in [1.165, 1.54) is 18.2 Å². The summed E-state index contributed by atoms with van der Waals surface area (Å²) >= 11 is 0. The summed E-state index contributed by atoms with van der Waals surface area (Å²) in [5.41, 5.74) is 0.0819. The van der Waals surface area contributed by atoms with Crippen molar-refractivity contribution >= 4 is 21.4 Å². The number of hydrogen-bond donors (Lipinski definition) is 3. The first-order valence-corrected chi connectivity index (χ1v) is 7.65. The Morgan fingerprint density at radius 2 is 2.00 bits per heavy atom. The number of carbonyl (C=O) groups is 1. The molecule has 0 saturated heterocycles. The summed E-state index contributed by atoms with van der Waals surface area (Å²) in [6, 6.07) is 3.91. The number of amides is 1. The van der Waals surface area contributed by atoms with Gasteiger partial charge in [0.05, 0.1) is 17.1 Å². The lowest BCUT2D eigenvalue weighted by Gasteiger charge is -2.11. The van der Waals surface area contributed by atoms with Crippen molar-refractivity contribution in [2.24, 2.45) is 0 Å². The monoisotopic (exact) mass is 286 g/mol. The number of anilines is 1. The fourth-order valence-corrected chi connectivity index (χ4v) is 1.98. The Kier molecular flexibility index (Phi) is 4.90. The number of nitrogens with one attached hydrogen (secondary N) is 2. The van der Waals surface area contributed by atoms with E-state index in [-0.39, 0.29) is 34.8 Å². The highest BCUT2D eigenvalue weighted by Gasteiger charge is 2.12. The number of benzene rings is 1. The molecule has 1 aromatic carbocycles. The molecule has 19 heavy (non-hydrogen) atoms. The van der Waals surface area contributed by atoms with Crippen molar-refractivity contribution in [2.45, 2.75) is 24.8 Å². The predicted octanol–water partition coefficient (Wildman–Crippen LogP) is 0.732. The number of hydrogen-bond acceptors (Lipinski definition) is 5. The van der Waals surface area contributed by atoms with Crippen LogP contribution in [0.5, 0.6) is 5.75 Å². The van der Waals surface area contributed by atoms with Gasteiger partial charge in [-0.2, -0.15) is 0 Å². The number of sulfone groups is 1. The number of phenolic OH excluding ortho intramolecular Hbond substituents is 1. The third-order valence-electron chi connectivity index (χ3n) is 2.34. The molecule has 0 unspecified atom stereocenters. The highest BCUT2D eigenvalue weighted by molar-refractivity contribution is 7.90. The zero-order chi connectivity index (χ0) is 14.6. The van der Waals surface area contributed by atoms with Crippen LogP contribution in [0.15, 0.2) is 23.1 Å². The molecule has 0 aliphatic heterocycles. The van der Waals surface area contributed by atoms with E-state index in [9.17, 15) is 18.3 Å². The lowest BCUT2D eigenvalue weighted by molar-refractivity contribution is -0.115. The van der Waals surface area contributed by atoms with Gasteiger partial charge in [0.2, 0.25) is 5.91 Å². The Morgan fingerprint density at radius 3 is 2.53 bits per heavy atom. The van der Waals surface area contributed by atoms with Crippen molar-refractivity contribution in [3.05, 3.63) is 18.2 Å². The molecule has 0 fully saturated rings. The normalized spacial score (nSPS) is 11.6. The van der Waals surface area contributed by atoms with Crippen molar-refractivity contribution < 1.29 is 18.3 Å². The standard InChI is InChI=1S/C12H18N2O4S/c1-8(2)13-7-12(16)14-10-6-9(19(3,17)18)4-5-11(10)15/h4-6,8,13,15H,7H2,1-3H3,(H,14,16). The van der Waals surface area contributed by atoms with Crippen molar-refractivity contribution in [2.75, 3.05) is 18.1 Å². The second-order valence-electron chi connectivity index (χ2n) is 4.53. The van der Waals surface area contributed by atoms with Gasteiger partial charge in [-0.05, 0) is 18.2 Å². The zero-order valence-electron chi connectivity index (χ0n) is 11.1. The fraction of sp³-hybridized carbons (Fsp3) is 0.417. The third-order valence-corrected chi connectivity index (χ3v) is 3.45. The Balaban J connectivity index is 2.86. The van der Waals surface area contributed by atoms with Crippen LogP contribution in [0.2, 0.25) is 0 Å². The molecule has 106 valence electrons. The summed E-state index contributed by atoms with van der Waals surface area (Å²) in [5.74, 6) is -0.528. The minimum Gasteiger partial charge on any atom is -0.506 e. The molecular weight excluding hydrogens is 268 g/mol. The summed E-state index contributed by atoms with van der Waals surface area (Å²) in [6.07, 6.45) is 1.06. The van der Waals surface area contributed by atoms with Gasteiger partial charge in [0.1, 0.15) is 5.75 Å². The topological polar surface area (TPSA) is 95.5 Å². The van der Waals surface area contributed by atoms with Crippen LogP contribution in [0.1, 0.15) is 13.8 Å². The summed E-state index contributed by atoms with van der Waals surface area (Å²) in [7, 11) is -3.38. The smallest absolute Gasteiger partial charge is 0.238 e. The van der Waals surface area contributed by atoms with Gasteiger partial charge < -0.3 is 15.7 Å². The third kappa shape index (κ3) is 4.88. The average molecular weight is 286 g/mol. The molecule has 0 heterocycles. The minimum absolute atomic E-state index is 0.0393. The molecule has 0 aromatic heterocycles. The number of carbonyl (C=O) groups excluding carboxylic acids is 1. The number of aromatic hydroxyl groups is 1. The van der Waals surface area contributed by atoms with Crippen LogP contribution in [-0.4, -0.2) is 38.3 Å². The van der Waals surface area contributed by atoms with Crippen molar-refractivity contribution in [1.82, 2.24) is 5.32 Å². The van der Waals surface area contributed by atoms with E-state index in [0.29, 0.717) is 0 Å². The predicted molar refractivity (Wildman–Crippen MR) is 73.0 cm³/mol. The van der Waals surface area contributed by atoms with E-state index in [2.05, 4.69) is 10.6 Å². The van der Waals surface area contributed by atoms with Gasteiger partial charge >= 0.3 is 0 Å². The van der Waals surface area contributed by atoms with Gasteiger partial charge in [0.25, 0.3) is 0 Å². The molecule has 0 aliphatic carbocycles. The Hall–Kier alpha value is -1.60. The number of rotatable bonds is 5. The molecule has 1 amide bonds. The van der Waals surface area contributed by atoms with E-state index in [4.69, 9.17) is 0 Å². The Morgan fingerprint density at radius 1 is 1.37 bits per heavy atom. The average Bonchev–Trinajstić information content (AvgIpc) is 2.28. The first-order chi connectivity index (χ1) is 8.70. The summed E-state index contributed by atoms with van der Waals surface area (Å²) < 4.78 is 22.8. The summed E-state index contributed by atoms with van der Waals surface area (Å²) in [4.78, 5) is 11.6. The molecule has 0 spiro atoms. The van der Waals surface area contributed by atoms with E-state index in [1.54, 1.807) is 0 Å². The first-order valence-electron chi connectivity index (χ1n) is 5.76. The SMILES string of the molecule is CC(C)NCC(=O)Nc1cc(S(C)(=O)=O)ccc1O. The molecule has 1 aromatic rings. The Bertz CT molecular complexity index is 567.